The SMILES string of the molecule is Cc1cnc(C)c(OC(F)F)c1. The van der Waals surface area contributed by atoms with Crippen LogP contribution in [0.1, 0.15) is 11.3 Å². The molecule has 0 radical (unpaired) electrons. The van der Waals surface area contributed by atoms with Crippen LogP contribution in [0.15, 0.2) is 12.3 Å². The van der Waals surface area contributed by atoms with Gasteiger partial charge in [-0.3, -0.25) is 4.98 Å². The minimum absolute atomic E-state index is 0.144. The standard InChI is InChI=1S/C8H9F2NO/c1-5-3-7(12-8(9)10)6(2)11-4-5/h3-4,8H,1-2H3. The number of nitrogens with zero attached hydrogens (tertiary/aromatic N) is 1. The molecule has 0 aliphatic carbocycles. The van der Waals surface area contributed by atoms with Gasteiger partial charge in [-0.1, -0.05) is 0 Å². The summed E-state index contributed by atoms with van der Waals surface area (Å²) in [7, 11) is 0. The van der Waals surface area contributed by atoms with E-state index in [1.165, 1.54) is 6.07 Å². The molecule has 4 heteroatoms. The van der Waals surface area contributed by atoms with Crippen molar-refractivity contribution in [3.63, 3.8) is 0 Å². The van der Waals surface area contributed by atoms with E-state index in [0.717, 1.165) is 5.56 Å². The first-order chi connectivity index (χ1) is 5.59. The molecule has 0 spiro atoms. The zero-order valence-corrected chi connectivity index (χ0v) is 6.84. The van der Waals surface area contributed by atoms with E-state index in [-0.39, 0.29) is 5.75 Å². The van der Waals surface area contributed by atoms with Crippen molar-refractivity contribution >= 4 is 0 Å². The van der Waals surface area contributed by atoms with E-state index in [1.807, 2.05) is 0 Å². The quantitative estimate of drug-likeness (QED) is 0.684. The van der Waals surface area contributed by atoms with Gasteiger partial charge < -0.3 is 4.74 Å². The van der Waals surface area contributed by atoms with Crippen LogP contribution in [0.25, 0.3) is 0 Å². The first kappa shape index (κ1) is 8.90. The van der Waals surface area contributed by atoms with Gasteiger partial charge in [0.1, 0.15) is 5.75 Å². The second-order valence-corrected chi connectivity index (χ2v) is 2.47. The number of alkyl halides is 2. The average Bonchev–Trinajstić information content (AvgIpc) is 1.96. The fraction of sp³-hybridized carbons (Fsp3) is 0.375. The number of aromatic nitrogens is 1. The van der Waals surface area contributed by atoms with Crippen molar-refractivity contribution in [1.82, 2.24) is 4.98 Å². The van der Waals surface area contributed by atoms with Crippen LogP contribution in [0.3, 0.4) is 0 Å². The summed E-state index contributed by atoms with van der Waals surface area (Å²) >= 11 is 0. The summed E-state index contributed by atoms with van der Waals surface area (Å²) in [6.45, 7) is 0.606. The van der Waals surface area contributed by atoms with E-state index in [1.54, 1.807) is 20.0 Å². The van der Waals surface area contributed by atoms with Crippen LogP contribution >= 0.6 is 0 Å². The van der Waals surface area contributed by atoms with Crippen LogP contribution in [0.2, 0.25) is 0 Å². The molecule has 2 nitrogen and oxygen atoms in total. The number of hydrogen-bond acceptors (Lipinski definition) is 2. The van der Waals surface area contributed by atoms with Gasteiger partial charge >= 0.3 is 6.61 Å². The number of hydrogen-bond donors (Lipinski definition) is 0. The smallest absolute Gasteiger partial charge is 0.387 e. The Labute approximate surface area is 69.2 Å². The van der Waals surface area contributed by atoms with Gasteiger partial charge in [0.15, 0.2) is 0 Å². The molecule has 0 aliphatic rings. The Morgan fingerprint density at radius 3 is 2.67 bits per heavy atom. The van der Waals surface area contributed by atoms with Gasteiger partial charge in [0.2, 0.25) is 0 Å². The van der Waals surface area contributed by atoms with Crippen LogP contribution < -0.4 is 4.74 Å². The zero-order valence-electron chi connectivity index (χ0n) is 6.84. The van der Waals surface area contributed by atoms with E-state index in [4.69, 9.17) is 0 Å². The summed E-state index contributed by atoms with van der Waals surface area (Å²) in [5.74, 6) is 0.144. The molecule has 0 saturated heterocycles. The van der Waals surface area contributed by atoms with E-state index in [9.17, 15) is 8.78 Å². The maximum Gasteiger partial charge on any atom is 0.387 e. The minimum atomic E-state index is -2.78. The molecular formula is C8H9F2NO. The lowest BCUT2D eigenvalue weighted by molar-refractivity contribution is -0.0505. The molecule has 0 aliphatic heterocycles. The Kier molecular flexibility index (Phi) is 2.58. The van der Waals surface area contributed by atoms with Gasteiger partial charge in [-0.05, 0) is 25.5 Å². The molecule has 0 saturated carbocycles. The number of ether oxygens (including phenoxy) is 1. The lowest BCUT2D eigenvalue weighted by atomic mass is 10.2. The fourth-order valence-corrected chi connectivity index (χ4v) is 0.826. The molecule has 1 aromatic rings. The molecule has 0 aromatic carbocycles. The predicted molar refractivity (Wildman–Crippen MR) is 40.3 cm³/mol. The van der Waals surface area contributed by atoms with Gasteiger partial charge in [-0.2, -0.15) is 8.78 Å². The highest BCUT2D eigenvalue weighted by Crippen LogP contribution is 2.18. The zero-order chi connectivity index (χ0) is 9.14. The van der Waals surface area contributed by atoms with E-state index >= 15 is 0 Å². The van der Waals surface area contributed by atoms with Crippen LogP contribution in [-0.4, -0.2) is 11.6 Å². The lowest BCUT2D eigenvalue weighted by Crippen LogP contribution is -2.04. The molecular weight excluding hydrogens is 164 g/mol. The van der Waals surface area contributed by atoms with Crippen molar-refractivity contribution in [2.24, 2.45) is 0 Å². The first-order valence-corrected chi connectivity index (χ1v) is 3.47. The minimum Gasteiger partial charge on any atom is -0.433 e. The predicted octanol–water partition coefficient (Wildman–Crippen LogP) is 2.30. The molecule has 1 heterocycles. The van der Waals surface area contributed by atoms with Crippen molar-refractivity contribution in [2.45, 2.75) is 20.5 Å². The van der Waals surface area contributed by atoms with Gasteiger partial charge in [0.25, 0.3) is 0 Å². The van der Waals surface area contributed by atoms with E-state index < -0.39 is 6.61 Å². The molecule has 0 unspecified atom stereocenters. The van der Waals surface area contributed by atoms with Crippen molar-refractivity contribution < 1.29 is 13.5 Å². The topological polar surface area (TPSA) is 22.1 Å². The normalized spacial score (nSPS) is 10.4. The third-order valence-corrected chi connectivity index (χ3v) is 1.39. The van der Waals surface area contributed by atoms with E-state index in [0.29, 0.717) is 5.69 Å². The number of halogens is 2. The highest BCUT2D eigenvalue weighted by Gasteiger charge is 2.07. The summed E-state index contributed by atoms with van der Waals surface area (Å²) in [5.41, 5.74) is 1.28. The highest BCUT2D eigenvalue weighted by atomic mass is 19.3. The molecule has 0 amide bonds. The largest absolute Gasteiger partial charge is 0.433 e. The van der Waals surface area contributed by atoms with Crippen LogP contribution in [0.5, 0.6) is 5.75 Å². The van der Waals surface area contributed by atoms with Crippen LogP contribution in [-0.2, 0) is 0 Å². The molecule has 0 fully saturated rings. The summed E-state index contributed by atoms with van der Waals surface area (Å²) in [4.78, 5) is 3.87. The highest BCUT2D eigenvalue weighted by molar-refractivity contribution is 5.29. The fourth-order valence-electron chi connectivity index (χ4n) is 0.826. The van der Waals surface area contributed by atoms with Crippen LogP contribution in [0, 0.1) is 13.8 Å². The third kappa shape index (κ3) is 2.15. The van der Waals surface area contributed by atoms with Gasteiger partial charge in [0, 0.05) is 6.20 Å². The second-order valence-electron chi connectivity index (χ2n) is 2.47. The number of rotatable bonds is 2. The summed E-state index contributed by atoms with van der Waals surface area (Å²) in [6, 6.07) is 1.54. The van der Waals surface area contributed by atoms with Crippen molar-refractivity contribution in [3.05, 3.63) is 23.5 Å². The first-order valence-electron chi connectivity index (χ1n) is 3.47. The monoisotopic (exact) mass is 173 g/mol. The Morgan fingerprint density at radius 1 is 1.42 bits per heavy atom. The van der Waals surface area contributed by atoms with Crippen molar-refractivity contribution in [1.29, 1.82) is 0 Å². The molecule has 0 bridgehead atoms. The second kappa shape index (κ2) is 3.47. The molecule has 12 heavy (non-hydrogen) atoms. The Balaban J connectivity index is 2.90. The van der Waals surface area contributed by atoms with Gasteiger partial charge in [-0.15, -0.1) is 0 Å². The summed E-state index contributed by atoms with van der Waals surface area (Å²) in [5, 5.41) is 0. The van der Waals surface area contributed by atoms with Gasteiger partial charge in [0.05, 0.1) is 5.69 Å². The van der Waals surface area contributed by atoms with Crippen molar-refractivity contribution in [2.75, 3.05) is 0 Å². The van der Waals surface area contributed by atoms with E-state index in [2.05, 4.69) is 9.72 Å². The maximum atomic E-state index is 11.8. The summed E-state index contributed by atoms with van der Waals surface area (Å²) in [6.07, 6.45) is 1.60. The van der Waals surface area contributed by atoms with Crippen molar-refractivity contribution in [3.8, 4) is 5.75 Å². The number of aryl methyl sites for hydroxylation is 2. The third-order valence-electron chi connectivity index (χ3n) is 1.39. The molecule has 1 aromatic heterocycles. The molecule has 0 N–H and O–H groups in total. The Morgan fingerprint density at radius 2 is 2.08 bits per heavy atom. The van der Waals surface area contributed by atoms with Crippen LogP contribution in [0.4, 0.5) is 8.78 Å². The molecule has 0 atom stereocenters. The molecule has 66 valence electrons. The van der Waals surface area contributed by atoms with Gasteiger partial charge in [-0.25, -0.2) is 0 Å². The Hall–Kier alpha value is -1.19. The Bertz CT molecular complexity index is 276. The number of pyridine rings is 1. The molecule has 1 rings (SSSR count). The lowest BCUT2D eigenvalue weighted by Gasteiger charge is -2.06. The maximum absolute atomic E-state index is 11.8. The summed E-state index contributed by atoms with van der Waals surface area (Å²) < 4.78 is 27.8. The average molecular weight is 173 g/mol.